The van der Waals surface area contributed by atoms with Crippen LogP contribution in [0.4, 0.5) is 4.79 Å². The lowest BCUT2D eigenvalue weighted by Gasteiger charge is -2.30. The average Bonchev–Trinajstić information content (AvgIpc) is 2.12. The van der Waals surface area contributed by atoms with Gasteiger partial charge in [0.15, 0.2) is 0 Å². The number of carbonyl (C=O) groups excluding carboxylic acids is 1. The van der Waals surface area contributed by atoms with Gasteiger partial charge < -0.3 is 18.9 Å². The van der Waals surface area contributed by atoms with Gasteiger partial charge in [-0.1, -0.05) is 0 Å². The highest BCUT2D eigenvalue weighted by Crippen LogP contribution is 2.31. The van der Waals surface area contributed by atoms with Crippen LogP contribution >= 0.6 is 0 Å². The first-order valence-corrected chi connectivity index (χ1v) is 2.23. The smallest absolute Gasteiger partial charge is 0.390 e. The molecular formula is C4H2O5. The van der Waals surface area contributed by atoms with Gasteiger partial charge in [0.05, 0.1) is 0 Å². The standard InChI is InChI=1S/C4H2O5/c5-3-8-4(9-3)6-1-2-7-4/h1-2H. The fraction of sp³-hybridized carbons (Fsp3) is 0.250. The molecule has 2 rings (SSSR count). The summed E-state index contributed by atoms with van der Waals surface area (Å²) in [5, 5.41) is 0. The van der Waals surface area contributed by atoms with E-state index in [2.05, 4.69) is 18.9 Å². The van der Waals surface area contributed by atoms with Crippen LogP contribution in [0.5, 0.6) is 0 Å². The molecule has 2 heterocycles. The molecule has 0 saturated carbocycles. The van der Waals surface area contributed by atoms with E-state index >= 15 is 0 Å². The molecule has 0 aliphatic carbocycles. The summed E-state index contributed by atoms with van der Waals surface area (Å²) >= 11 is 0. The second kappa shape index (κ2) is 1.12. The van der Waals surface area contributed by atoms with Gasteiger partial charge >= 0.3 is 12.3 Å². The van der Waals surface area contributed by atoms with Crippen molar-refractivity contribution >= 4 is 6.16 Å². The third-order valence-corrected chi connectivity index (χ3v) is 0.897. The molecule has 1 spiro atoms. The highest BCUT2D eigenvalue weighted by atomic mass is 17.1. The van der Waals surface area contributed by atoms with Crippen LogP contribution in [0.3, 0.4) is 0 Å². The van der Waals surface area contributed by atoms with E-state index in [1.54, 1.807) is 0 Å². The molecule has 2 aliphatic rings. The van der Waals surface area contributed by atoms with Gasteiger partial charge in [0.1, 0.15) is 12.5 Å². The SMILES string of the molecule is O=C1OC2(OC=CO2)O1. The minimum atomic E-state index is -1.57. The van der Waals surface area contributed by atoms with E-state index < -0.39 is 12.3 Å². The summed E-state index contributed by atoms with van der Waals surface area (Å²) in [6.07, 6.45) is 0.0920. The van der Waals surface area contributed by atoms with Crippen LogP contribution in [0.15, 0.2) is 12.5 Å². The lowest BCUT2D eigenvalue weighted by molar-refractivity contribution is -0.477. The lowest BCUT2D eigenvalue weighted by atomic mass is 10.9. The molecule has 0 bridgehead atoms. The Bertz CT molecular complexity index is 165. The summed E-state index contributed by atoms with van der Waals surface area (Å²) in [5.74, 6) is 0. The quantitative estimate of drug-likeness (QED) is 0.441. The molecule has 0 amide bonds. The molecule has 0 radical (unpaired) electrons. The van der Waals surface area contributed by atoms with E-state index in [0.29, 0.717) is 0 Å². The number of carbonyl (C=O) groups is 1. The Morgan fingerprint density at radius 2 is 1.78 bits per heavy atom. The molecule has 0 atom stereocenters. The zero-order valence-electron chi connectivity index (χ0n) is 4.20. The van der Waals surface area contributed by atoms with Crippen molar-refractivity contribution < 1.29 is 23.7 Å². The molecule has 1 fully saturated rings. The number of ether oxygens (including phenoxy) is 4. The van der Waals surface area contributed by atoms with Crippen LogP contribution in [-0.4, -0.2) is 12.3 Å². The van der Waals surface area contributed by atoms with Crippen LogP contribution < -0.4 is 0 Å². The van der Waals surface area contributed by atoms with Crippen molar-refractivity contribution in [3.63, 3.8) is 0 Å². The summed E-state index contributed by atoms with van der Waals surface area (Å²) in [7, 11) is 0. The van der Waals surface area contributed by atoms with Gasteiger partial charge in [-0.3, -0.25) is 0 Å². The van der Waals surface area contributed by atoms with Gasteiger partial charge in [0, 0.05) is 0 Å². The van der Waals surface area contributed by atoms with Crippen molar-refractivity contribution in [2.24, 2.45) is 0 Å². The Kier molecular flexibility index (Phi) is 0.560. The molecule has 0 unspecified atom stereocenters. The summed E-state index contributed by atoms with van der Waals surface area (Å²) in [6, 6.07) is 0. The van der Waals surface area contributed by atoms with Crippen LogP contribution in [0.2, 0.25) is 0 Å². The van der Waals surface area contributed by atoms with E-state index in [1.807, 2.05) is 0 Å². The first-order valence-electron chi connectivity index (χ1n) is 2.23. The van der Waals surface area contributed by atoms with Gasteiger partial charge in [-0.25, -0.2) is 4.79 Å². The van der Waals surface area contributed by atoms with E-state index in [1.165, 1.54) is 12.5 Å². The normalized spacial score (nSPS) is 25.6. The van der Waals surface area contributed by atoms with Crippen LogP contribution in [-0.2, 0) is 18.9 Å². The van der Waals surface area contributed by atoms with Crippen molar-refractivity contribution in [2.75, 3.05) is 0 Å². The molecule has 0 aromatic heterocycles. The van der Waals surface area contributed by atoms with Gasteiger partial charge in [0.25, 0.3) is 0 Å². The predicted molar refractivity (Wildman–Crippen MR) is 21.6 cm³/mol. The fourth-order valence-corrected chi connectivity index (χ4v) is 0.558. The minimum absolute atomic E-state index is 0.793. The van der Waals surface area contributed by atoms with Gasteiger partial charge in [-0.2, -0.15) is 0 Å². The third-order valence-electron chi connectivity index (χ3n) is 0.897. The Balaban J connectivity index is 2.06. The van der Waals surface area contributed by atoms with E-state index in [0.717, 1.165) is 0 Å². The largest absolute Gasteiger partial charge is 0.619 e. The Morgan fingerprint density at radius 3 is 2.22 bits per heavy atom. The highest BCUT2D eigenvalue weighted by molar-refractivity contribution is 5.64. The van der Waals surface area contributed by atoms with E-state index in [4.69, 9.17) is 0 Å². The number of hydrogen-bond donors (Lipinski definition) is 0. The summed E-state index contributed by atoms with van der Waals surface area (Å²) in [6.45, 7) is 0. The molecule has 9 heavy (non-hydrogen) atoms. The summed E-state index contributed by atoms with van der Waals surface area (Å²) < 4.78 is 17.8. The topological polar surface area (TPSA) is 54.0 Å². The van der Waals surface area contributed by atoms with Crippen LogP contribution in [0, 0.1) is 0 Å². The van der Waals surface area contributed by atoms with Gasteiger partial charge in [0.2, 0.25) is 0 Å². The summed E-state index contributed by atoms with van der Waals surface area (Å²) in [4.78, 5) is 10.0. The second-order valence-electron chi connectivity index (χ2n) is 1.46. The van der Waals surface area contributed by atoms with E-state index in [9.17, 15) is 4.79 Å². The zero-order valence-corrected chi connectivity index (χ0v) is 4.20. The molecule has 0 aromatic carbocycles. The first kappa shape index (κ1) is 4.49. The molecule has 5 heteroatoms. The molecule has 48 valence electrons. The predicted octanol–water partition coefficient (Wildman–Crippen LogP) is 0.282. The van der Waals surface area contributed by atoms with Crippen molar-refractivity contribution in [2.45, 2.75) is 6.16 Å². The molecule has 2 aliphatic heterocycles. The lowest BCUT2D eigenvalue weighted by Crippen LogP contribution is -2.50. The second-order valence-corrected chi connectivity index (χ2v) is 1.46. The highest BCUT2D eigenvalue weighted by Gasteiger charge is 2.57. The maximum atomic E-state index is 10.0. The van der Waals surface area contributed by atoms with Gasteiger partial charge in [-0.15, -0.1) is 0 Å². The molecule has 1 saturated heterocycles. The van der Waals surface area contributed by atoms with Gasteiger partial charge in [-0.05, 0) is 0 Å². The molecular weight excluding hydrogens is 128 g/mol. The summed E-state index contributed by atoms with van der Waals surface area (Å²) in [5.41, 5.74) is 0. The molecule has 0 aromatic rings. The van der Waals surface area contributed by atoms with Crippen LogP contribution in [0.25, 0.3) is 0 Å². The Hall–Kier alpha value is -1.39. The van der Waals surface area contributed by atoms with Crippen molar-refractivity contribution in [1.82, 2.24) is 0 Å². The van der Waals surface area contributed by atoms with Crippen molar-refractivity contribution in [3.8, 4) is 0 Å². The Labute approximate surface area is 49.7 Å². The molecule has 0 N–H and O–H groups in total. The van der Waals surface area contributed by atoms with Crippen molar-refractivity contribution in [3.05, 3.63) is 12.5 Å². The Morgan fingerprint density at radius 1 is 1.22 bits per heavy atom. The average molecular weight is 130 g/mol. The monoisotopic (exact) mass is 130 g/mol. The first-order chi connectivity index (χ1) is 4.31. The third kappa shape index (κ3) is 0.453. The fourth-order valence-electron chi connectivity index (χ4n) is 0.558. The number of hydrogen-bond acceptors (Lipinski definition) is 5. The maximum absolute atomic E-state index is 10.0. The van der Waals surface area contributed by atoms with Crippen LogP contribution in [0.1, 0.15) is 0 Å². The minimum Gasteiger partial charge on any atom is -0.390 e. The maximum Gasteiger partial charge on any atom is 0.619 e. The molecule has 5 nitrogen and oxygen atoms in total. The van der Waals surface area contributed by atoms with Crippen molar-refractivity contribution in [1.29, 1.82) is 0 Å². The number of rotatable bonds is 0. The van der Waals surface area contributed by atoms with E-state index in [-0.39, 0.29) is 0 Å². The zero-order chi connectivity index (χ0) is 6.32.